The Balaban J connectivity index is 1.83. The summed E-state index contributed by atoms with van der Waals surface area (Å²) in [5.74, 6) is -0.340. The largest absolute Gasteiger partial charge is 0.416 e. The predicted molar refractivity (Wildman–Crippen MR) is 100 cm³/mol. The minimum Gasteiger partial charge on any atom is -0.365 e. The summed E-state index contributed by atoms with van der Waals surface area (Å²) < 4.78 is 65.7. The van der Waals surface area contributed by atoms with Gasteiger partial charge in [0.05, 0.1) is 16.1 Å². The highest BCUT2D eigenvalue weighted by molar-refractivity contribution is 7.89. The van der Waals surface area contributed by atoms with E-state index in [1.165, 1.54) is 12.3 Å². The SMILES string of the molecule is NC(=O)c1cccnc1N1CCN(S(=O)(=O)c2cc(C(F)(F)F)ccc2Cl)CC1. The van der Waals surface area contributed by atoms with Crippen LogP contribution in [0.5, 0.6) is 0 Å². The van der Waals surface area contributed by atoms with Gasteiger partial charge in [-0.2, -0.15) is 17.5 Å². The van der Waals surface area contributed by atoms with Crippen molar-refractivity contribution in [1.82, 2.24) is 9.29 Å². The van der Waals surface area contributed by atoms with Crippen molar-refractivity contribution in [2.75, 3.05) is 31.1 Å². The molecule has 1 aliphatic rings. The van der Waals surface area contributed by atoms with E-state index in [1.807, 2.05) is 0 Å². The standard InChI is InChI=1S/C17H16ClF3N4O3S/c18-13-4-3-11(17(19,20)21)10-14(13)29(27,28)25-8-6-24(7-9-25)16-12(15(22)26)2-1-5-23-16/h1-5,10H,6-9H2,(H2,22,26). The number of nitrogens with zero attached hydrogens (tertiary/aromatic N) is 3. The number of alkyl halides is 3. The molecule has 0 atom stereocenters. The molecule has 2 N–H and O–H groups in total. The number of hydrogen-bond acceptors (Lipinski definition) is 5. The van der Waals surface area contributed by atoms with Crippen molar-refractivity contribution in [2.24, 2.45) is 5.73 Å². The maximum absolute atomic E-state index is 13.0. The van der Waals surface area contributed by atoms with Crippen LogP contribution in [0.15, 0.2) is 41.4 Å². The second-order valence-corrected chi connectivity index (χ2v) is 8.59. The van der Waals surface area contributed by atoms with Gasteiger partial charge < -0.3 is 10.6 Å². The Morgan fingerprint density at radius 1 is 1.14 bits per heavy atom. The molecule has 2 heterocycles. The summed E-state index contributed by atoms with van der Waals surface area (Å²) in [6.45, 7) is 0.299. The number of hydrogen-bond donors (Lipinski definition) is 1. The zero-order chi connectivity index (χ0) is 21.4. The lowest BCUT2D eigenvalue weighted by Crippen LogP contribution is -2.49. The second kappa shape index (κ2) is 7.81. The summed E-state index contributed by atoms with van der Waals surface area (Å²) in [4.78, 5) is 16.8. The summed E-state index contributed by atoms with van der Waals surface area (Å²) in [7, 11) is -4.24. The van der Waals surface area contributed by atoms with Crippen molar-refractivity contribution in [3.8, 4) is 0 Å². The van der Waals surface area contributed by atoms with Crippen LogP contribution >= 0.6 is 11.6 Å². The highest BCUT2D eigenvalue weighted by Crippen LogP contribution is 2.34. The van der Waals surface area contributed by atoms with Crippen LogP contribution in [-0.2, 0) is 16.2 Å². The van der Waals surface area contributed by atoms with E-state index < -0.39 is 32.6 Å². The van der Waals surface area contributed by atoms with Gasteiger partial charge in [0.25, 0.3) is 5.91 Å². The van der Waals surface area contributed by atoms with Crippen LogP contribution in [0.25, 0.3) is 0 Å². The number of carbonyl (C=O) groups is 1. The van der Waals surface area contributed by atoms with Gasteiger partial charge in [-0.25, -0.2) is 13.4 Å². The van der Waals surface area contributed by atoms with Crippen molar-refractivity contribution < 1.29 is 26.4 Å². The number of benzene rings is 1. The van der Waals surface area contributed by atoms with Gasteiger partial charge in [0.2, 0.25) is 10.0 Å². The molecule has 1 fully saturated rings. The topological polar surface area (TPSA) is 96.6 Å². The summed E-state index contributed by atoms with van der Waals surface area (Å²) >= 11 is 5.89. The summed E-state index contributed by atoms with van der Waals surface area (Å²) in [6.07, 6.45) is -3.22. The molecule has 0 aliphatic carbocycles. The average molecular weight is 449 g/mol. The monoisotopic (exact) mass is 448 g/mol. The number of sulfonamides is 1. The highest BCUT2D eigenvalue weighted by atomic mass is 35.5. The zero-order valence-corrected chi connectivity index (χ0v) is 16.4. The van der Waals surface area contributed by atoms with Crippen molar-refractivity contribution >= 4 is 33.3 Å². The van der Waals surface area contributed by atoms with Crippen LogP contribution in [0.3, 0.4) is 0 Å². The Hall–Kier alpha value is -2.37. The molecule has 0 radical (unpaired) electrons. The van der Waals surface area contributed by atoms with Crippen molar-refractivity contribution in [2.45, 2.75) is 11.1 Å². The number of aromatic nitrogens is 1. The first kappa shape index (κ1) is 21.3. The molecule has 1 saturated heterocycles. The molecule has 1 aliphatic heterocycles. The van der Waals surface area contributed by atoms with E-state index >= 15 is 0 Å². The molecule has 7 nitrogen and oxygen atoms in total. The van der Waals surface area contributed by atoms with Gasteiger partial charge in [-0.15, -0.1) is 0 Å². The summed E-state index contributed by atoms with van der Waals surface area (Å²) in [5.41, 5.74) is 4.44. The number of halogens is 4. The van der Waals surface area contributed by atoms with E-state index in [0.29, 0.717) is 11.9 Å². The van der Waals surface area contributed by atoms with Crippen LogP contribution < -0.4 is 10.6 Å². The number of amides is 1. The number of anilines is 1. The first-order valence-electron chi connectivity index (χ1n) is 8.38. The Morgan fingerprint density at radius 3 is 2.38 bits per heavy atom. The Labute approximate surface area is 169 Å². The zero-order valence-electron chi connectivity index (χ0n) is 14.9. The Bertz CT molecular complexity index is 1040. The van der Waals surface area contributed by atoms with Crippen molar-refractivity contribution in [3.05, 3.63) is 52.7 Å². The number of pyridine rings is 1. The first-order chi connectivity index (χ1) is 13.5. The van der Waals surface area contributed by atoms with E-state index in [4.69, 9.17) is 17.3 Å². The third-order valence-electron chi connectivity index (χ3n) is 4.47. The number of piperazine rings is 1. The number of carbonyl (C=O) groups excluding carboxylic acids is 1. The van der Waals surface area contributed by atoms with Gasteiger partial charge >= 0.3 is 6.18 Å². The molecule has 156 valence electrons. The second-order valence-electron chi connectivity index (χ2n) is 6.27. The maximum Gasteiger partial charge on any atom is 0.416 e. The maximum atomic E-state index is 13.0. The van der Waals surface area contributed by atoms with Gasteiger partial charge in [0, 0.05) is 32.4 Å². The van der Waals surface area contributed by atoms with E-state index in [1.54, 1.807) is 11.0 Å². The fourth-order valence-corrected chi connectivity index (χ4v) is 4.92. The van der Waals surface area contributed by atoms with E-state index in [0.717, 1.165) is 16.4 Å². The molecule has 0 spiro atoms. The predicted octanol–water partition coefficient (Wildman–Crippen LogP) is 2.36. The Morgan fingerprint density at radius 2 is 1.79 bits per heavy atom. The van der Waals surface area contributed by atoms with E-state index in [2.05, 4.69) is 4.98 Å². The van der Waals surface area contributed by atoms with Gasteiger partial charge in [-0.05, 0) is 30.3 Å². The smallest absolute Gasteiger partial charge is 0.365 e. The lowest BCUT2D eigenvalue weighted by Gasteiger charge is -2.35. The summed E-state index contributed by atoms with van der Waals surface area (Å²) in [6, 6.07) is 5.25. The fourth-order valence-electron chi connectivity index (χ4n) is 3.00. The van der Waals surface area contributed by atoms with Gasteiger partial charge in [-0.3, -0.25) is 4.79 Å². The Kier molecular flexibility index (Phi) is 5.74. The average Bonchev–Trinajstić information content (AvgIpc) is 2.67. The molecule has 3 rings (SSSR count). The number of rotatable bonds is 4. The molecule has 2 aromatic rings. The molecule has 1 aromatic heterocycles. The quantitative estimate of drug-likeness (QED) is 0.774. The molecule has 0 bridgehead atoms. The minimum absolute atomic E-state index is 0.0241. The lowest BCUT2D eigenvalue weighted by atomic mass is 10.2. The third-order valence-corrected chi connectivity index (χ3v) is 6.85. The van der Waals surface area contributed by atoms with Gasteiger partial charge in [0.1, 0.15) is 10.7 Å². The molecular weight excluding hydrogens is 433 g/mol. The van der Waals surface area contributed by atoms with Crippen LogP contribution in [0.1, 0.15) is 15.9 Å². The van der Waals surface area contributed by atoms with Crippen LogP contribution in [-0.4, -0.2) is 49.8 Å². The molecule has 0 unspecified atom stereocenters. The highest BCUT2D eigenvalue weighted by Gasteiger charge is 2.35. The lowest BCUT2D eigenvalue weighted by molar-refractivity contribution is -0.137. The van der Waals surface area contributed by atoms with E-state index in [-0.39, 0.29) is 36.8 Å². The molecule has 29 heavy (non-hydrogen) atoms. The molecular formula is C17H16ClF3N4O3S. The third kappa shape index (κ3) is 4.31. The van der Waals surface area contributed by atoms with Crippen LogP contribution in [0.2, 0.25) is 5.02 Å². The van der Waals surface area contributed by atoms with E-state index in [9.17, 15) is 26.4 Å². The fraction of sp³-hybridized carbons (Fsp3) is 0.294. The number of primary amides is 1. The van der Waals surface area contributed by atoms with Crippen LogP contribution in [0.4, 0.5) is 19.0 Å². The molecule has 1 aromatic carbocycles. The van der Waals surface area contributed by atoms with Gasteiger partial charge in [0.15, 0.2) is 0 Å². The normalized spacial score (nSPS) is 16.1. The number of nitrogens with two attached hydrogens (primary N) is 1. The van der Waals surface area contributed by atoms with Gasteiger partial charge in [-0.1, -0.05) is 11.6 Å². The minimum atomic E-state index is -4.70. The molecule has 0 saturated carbocycles. The molecule has 1 amide bonds. The molecule has 12 heteroatoms. The van der Waals surface area contributed by atoms with Crippen LogP contribution in [0, 0.1) is 0 Å². The van der Waals surface area contributed by atoms with Crippen molar-refractivity contribution in [1.29, 1.82) is 0 Å². The summed E-state index contributed by atoms with van der Waals surface area (Å²) in [5, 5.41) is -0.291. The van der Waals surface area contributed by atoms with Crippen molar-refractivity contribution in [3.63, 3.8) is 0 Å². The first-order valence-corrected chi connectivity index (χ1v) is 10.2.